The monoisotopic (exact) mass is 1200 g/mol. The number of carbonyl (C=O) groups excluding carboxylic acids is 8. The average molecular weight is 1200 g/mol. The average Bonchev–Trinajstić information content (AvgIpc) is 1.15. The van der Waals surface area contributed by atoms with E-state index in [1.165, 1.54) is 19.3 Å². The van der Waals surface area contributed by atoms with E-state index < -0.39 is 89.7 Å². The standard InChI is InChI=1S/C22H34O6.C21H32O6.C18H32O5.6CH4/c1-5-21(3,4)20(25)27-12-18(23)26-13-19(24)28-22(6-2)16-8-14-7-15(10-16)11-17(22)9-14;1-5-20(2,3)19(24)26-11-17(22)25-12-18(23)27-21(4)15-7-13-6-14(9-15)10-16(21)8-13;1-5-17(3,4)16(20)22-13-12-21-14-15(19)23-18(6-2)10-8-7-9-11-18;;;;;;/h14-17H,5-13H2,1-4H3;13-16H,5-12H2,1-4H3;5-14H2,1-4H3;6*1H4. The van der Waals surface area contributed by atoms with E-state index in [2.05, 4.69) is 20.8 Å². The molecule has 84 heavy (non-hydrogen) atoms. The number of esters is 8. The molecule has 9 saturated carbocycles. The molecule has 0 saturated heterocycles. The van der Waals surface area contributed by atoms with Gasteiger partial charge < -0.3 is 42.6 Å². The molecule has 8 bridgehead atoms. The van der Waals surface area contributed by atoms with Gasteiger partial charge in [-0.05, 0) is 218 Å². The maximum atomic E-state index is 12.4. The van der Waals surface area contributed by atoms with Gasteiger partial charge >= 0.3 is 47.8 Å². The van der Waals surface area contributed by atoms with Gasteiger partial charge in [-0.3, -0.25) is 14.4 Å². The van der Waals surface area contributed by atoms with E-state index in [1.807, 2.05) is 34.6 Å². The predicted molar refractivity (Wildman–Crippen MR) is 328 cm³/mol. The molecule has 0 heterocycles. The summed E-state index contributed by atoms with van der Waals surface area (Å²) in [6.07, 6.45) is 20.8. The molecule has 17 heteroatoms. The Morgan fingerprint density at radius 3 is 1.10 bits per heavy atom. The SMILES string of the molecule is C.C.C.C.C.C.CCC(C)(C)C(=O)OCC(=O)OCC(=O)OC1(C)C2CC3CC(C2)CC1C3.CCC(C)(C)C(=O)OCC(=O)OCC(=O)OC1(CC)C2CC3CC(C2)CC1C3.CCC1(OC(=O)COCCOC(=O)C(C)(C)CC)CCCCC1. The first kappa shape index (κ1) is 81.8. The van der Waals surface area contributed by atoms with Gasteiger partial charge in [0, 0.05) is 0 Å². The van der Waals surface area contributed by atoms with Crippen LogP contribution in [0.2, 0.25) is 0 Å². The number of ether oxygens (including phenoxy) is 9. The molecule has 9 aliphatic carbocycles. The molecule has 0 aromatic rings. The fourth-order valence-electron chi connectivity index (χ4n) is 13.6. The molecule has 0 unspecified atom stereocenters. The van der Waals surface area contributed by atoms with Crippen molar-refractivity contribution in [3.8, 4) is 0 Å². The second kappa shape index (κ2) is 35.5. The van der Waals surface area contributed by atoms with Crippen LogP contribution in [0.4, 0.5) is 0 Å². The zero-order chi connectivity index (χ0) is 57.7. The molecule has 9 rings (SSSR count). The Bertz CT molecular complexity index is 2010. The molecule has 17 nitrogen and oxygen atoms in total. The van der Waals surface area contributed by atoms with Crippen LogP contribution < -0.4 is 0 Å². The van der Waals surface area contributed by atoms with E-state index in [0.717, 1.165) is 120 Å². The van der Waals surface area contributed by atoms with Crippen molar-refractivity contribution in [1.82, 2.24) is 0 Å². The van der Waals surface area contributed by atoms with Crippen LogP contribution in [-0.4, -0.2) is 111 Å². The summed E-state index contributed by atoms with van der Waals surface area (Å²) in [5, 5.41) is 0. The lowest BCUT2D eigenvalue weighted by Gasteiger charge is -2.60. The summed E-state index contributed by atoms with van der Waals surface area (Å²) in [6, 6.07) is 0. The number of carbonyl (C=O) groups is 8. The molecule has 0 N–H and O–H groups in total. The summed E-state index contributed by atoms with van der Waals surface area (Å²) >= 11 is 0. The van der Waals surface area contributed by atoms with Gasteiger partial charge in [0.2, 0.25) is 0 Å². The normalized spacial score (nSPS) is 27.0. The van der Waals surface area contributed by atoms with Crippen molar-refractivity contribution in [2.24, 2.45) is 63.6 Å². The van der Waals surface area contributed by atoms with Gasteiger partial charge in [0.1, 0.15) is 30.0 Å². The Morgan fingerprint density at radius 2 is 0.726 bits per heavy atom. The largest absolute Gasteiger partial charge is 0.463 e. The molecule has 0 aromatic heterocycles. The molecule has 0 aromatic carbocycles. The van der Waals surface area contributed by atoms with Crippen LogP contribution in [0.25, 0.3) is 0 Å². The summed E-state index contributed by atoms with van der Waals surface area (Å²) in [5.74, 6) is 0.940. The topological polar surface area (TPSA) is 220 Å². The molecule has 492 valence electrons. The van der Waals surface area contributed by atoms with Gasteiger partial charge in [-0.2, -0.15) is 0 Å². The minimum absolute atomic E-state index is 0. The summed E-state index contributed by atoms with van der Waals surface area (Å²) in [6.45, 7) is 21.1. The van der Waals surface area contributed by atoms with Gasteiger partial charge in [0.25, 0.3) is 0 Å². The molecule has 0 amide bonds. The molecule has 9 fully saturated rings. The lowest BCUT2D eigenvalue weighted by molar-refractivity contribution is -0.214. The lowest BCUT2D eigenvalue weighted by Crippen LogP contribution is -2.59. The highest BCUT2D eigenvalue weighted by Gasteiger charge is 2.59. The third-order valence-electron chi connectivity index (χ3n) is 19.5. The van der Waals surface area contributed by atoms with Crippen LogP contribution >= 0.6 is 0 Å². The van der Waals surface area contributed by atoms with Crippen LogP contribution in [0.15, 0.2) is 0 Å². The van der Waals surface area contributed by atoms with E-state index in [4.69, 9.17) is 42.6 Å². The minimum atomic E-state index is -0.734. The van der Waals surface area contributed by atoms with Crippen molar-refractivity contribution in [2.75, 3.05) is 46.2 Å². The van der Waals surface area contributed by atoms with Gasteiger partial charge in [-0.1, -0.05) is 85.6 Å². The number of rotatable bonds is 24. The van der Waals surface area contributed by atoms with Crippen molar-refractivity contribution >= 4 is 47.8 Å². The minimum Gasteiger partial charge on any atom is -0.463 e. The van der Waals surface area contributed by atoms with Gasteiger partial charge in [0.15, 0.2) is 26.4 Å². The smallest absolute Gasteiger partial charge is 0.344 e. The first-order valence-electron chi connectivity index (χ1n) is 29.7. The highest BCUT2D eigenvalue weighted by atomic mass is 16.6. The van der Waals surface area contributed by atoms with Gasteiger partial charge in [0.05, 0.1) is 22.9 Å². The second-order valence-electron chi connectivity index (χ2n) is 26.0. The summed E-state index contributed by atoms with van der Waals surface area (Å²) in [5.41, 5.74) is -2.90. The van der Waals surface area contributed by atoms with E-state index in [-0.39, 0.29) is 81.9 Å². The van der Waals surface area contributed by atoms with Gasteiger partial charge in [-0.15, -0.1) is 0 Å². The first-order valence-corrected chi connectivity index (χ1v) is 29.7. The fourth-order valence-corrected chi connectivity index (χ4v) is 13.6. The second-order valence-corrected chi connectivity index (χ2v) is 26.0. The van der Waals surface area contributed by atoms with Crippen LogP contribution in [0.1, 0.15) is 256 Å². The van der Waals surface area contributed by atoms with Crippen LogP contribution in [0, 0.1) is 63.6 Å². The van der Waals surface area contributed by atoms with Crippen molar-refractivity contribution < 1.29 is 81.0 Å². The van der Waals surface area contributed by atoms with Crippen molar-refractivity contribution in [3.63, 3.8) is 0 Å². The quantitative estimate of drug-likeness (QED) is 0.0498. The van der Waals surface area contributed by atoms with E-state index in [1.54, 1.807) is 27.7 Å². The first-order chi connectivity index (χ1) is 36.7. The third kappa shape index (κ3) is 21.5. The van der Waals surface area contributed by atoms with E-state index in [9.17, 15) is 38.4 Å². The van der Waals surface area contributed by atoms with Crippen molar-refractivity contribution in [1.29, 1.82) is 0 Å². The molecule has 0 atom stereocenters. The lowest BCUT2D eigenvalue weighted by atomic mass is 9.49. The van der Waals surface area contributed by atoms with Crippen LogP contribution in [0.5, 0.6) is 0 Å². The van der Waals surface area contributed by atoms with Crippen LogP contribution in [0.3, 0.4) is 0 Å². The highest BCUT2D eigenvalue weighted by Crippen LogP contribution is 2.61. The Labute approximate surface area is 509 Å². The van der Waals surface area contributed by atoms with E-state index >= 15 is 0 Å². The summed E-state index contributed by atoms with van der Waals surface area (Å²) < 4.78 is 47.8. The zero-order valence-corrected chi connectivity index (χ0v) is 49.7. The molecule has 0 radical (unpaired) electrons. The molecule has 0 aliphatic heterocycles. The Morgan fingerprint density at radius 1 is 0.381 bits per heavy atom. The molecular weight excluding hydrogens is 1080 g/mol. The van der Waals surface area contributed by atoms with Crippen LogP contribution in [-0.2, 0) is 81.0 Å². The maximum Gasteiger partial charge on any atom is 0.344 e. The van der Waals surface area contributed by atoms with Crippen molar-refractivity contribution in [3.05, 3.63) is 0 Å². The summed E-state index contributed by atoms with van der Waals surface area (Å²) in [4.78, 5) is 95.8. The highest BCUT2D eigenvalue weighted by molar-refractivity contribution is 5.82. The zero-order valence-electron chi connectivity index (χ0n) is 49.7. The Balaban J connectivity index is 0. The van der Waals surface area contributed by atoms with E-state index in [0.29, 0.717) is 36.5 Å². The van der Waals surface area contributed by atoms with Gasteiger partial charge in [-0.25, -0.2) is 24.0 Å². The molecule has 0 spiro atoms. The third-order valence-corrected chi connectivity index (χ3v) is 19.5. The number of hydrogen-bond acceptors (Lipinski definition) is 17. The summed E-state index contributed by atoms with van der Waals surface area (Å²) in [7, 11) is 0. The molecule has 9 aliphatic rings. The Kier molecular flexibility index (Phi) is 34.6. The number of hydrogen-bond donors (Lipinski definition) is 0. The predicted octanol–water partition coefficient (Wildman–Crippen LogP) is 14.4. The molecular formula is C67H122O17. The fraction of sp³-hybridized carbons (Fsp3) is 0.881. The van der Waals surface area contributed by atoms with Crippen molar-refractivity contribution in [2.45, 2.75) is 273 Å². The Hall–Kier alpha value is -4.28. The maximum absolute atomic E-state index is 12.4.